The summed E-state index contributed by atoms with van der Waals surface area (Å²) < 4.78 is 11.0. The van der Waals surface area contributed by atoms with E-state index >= 15 is 0 Å². The molecule has 0 saturated carbocycles. The molecule has 22 heavy (non-hydrogen) atoms. The molecular weight excluding hydrogens is 311 g/mol. The number of hydrogen-bond donors (Lipinski definition) is 5. The molecular formula is C13H17N2O6P. The molecule has 0 heterocycles. The van der Waals surface area contributed by atoms with E-state index in [9.17, 15) is 14.2 Å². The van der Waals surface area contributed by atoms with Crippen molar-refractivity contribution in [2.24, 2.45) is 0 Å². The first-order chi connectivity index (χ1) is 10.2. The third-order valence-electron chi connectivity index (χ3n) is 2.68. The van der Waals surface area contributed by atoms with Gasteiger partial charge in [-0.05, 0) is 37.6 Å². The lowest BCUT2D eigenvalue weighted by atomic mass is 10.2. The Balaban J connectivity index is 2.44. The summed E-state index contributed by atoms with van der Waals surface area (Å²) in [6, 6.07) is 4.72. The van der Waals surface area contributed by atoms with Gasteiger partial charge in [-0.1, -0.05) is 6.08 Å². The third-order valence-corrected chi connectivity index (χ3v) is 3.65. The molecule has 1 rings (SSSR count). The summed E-state index contributed by atoms with van der Waals surface area (Å²) in [6.07, 6.45) is 1.88. The van der Waals surface area contributed by atoms with Crippen LogP contribution < -0.4 is 15.9 Å². The molecule has 1 aromatic rings. The number of urea groups is 1. The van der Waals surface area contributed by atoms with E-state index in [1.54, 1.807) is 0 Å². The first-order valence-electron chi connectivity index (χ1n) is 6.31. The van der Waals surface area contributed by atoms with Gasteiger partial charge in [0.15, 0.2) is 0 Å². The lowest BCUT2D eigenvalue weighted by Crippen LogP contribution is -2.29. The number of rotatable bonds is 6. The third kappa shape index (κ3) is 6.09. The summed E-state index contributed by atoms with van der Waals surface area (Å²) in [7, 11) is -4.29. The number of anilines is 1. The van der Waals surface area contributed by atoms with Crippen LogP contribution in [0, 0.1) is 0 Å². The maximum absolute atomic E-state index is 11.6. The zero-order valence-corrected chi connectivity index (χ0v) is 12.7. The van der Waals surface area contributed by atoms with Gasteiger partial charge in [0.25, 0.3) is 0 Å². The van der Waals surface area contributed by atoms with E-state index in [0.717, 1.165) is 0 Å². The van der Waals surface area contributed by atoms with Crippen LogP contribution in [0.15, 0.2) is 35.9 Å². The minimum Gasteiger partial charge on any atom is -0.478 e. The van der Waals surface area contributed by atoms with Crippen molar-refractivity contribution in [2.45, 2.75) is 13.3 Å². The van der Waals surface area contributed by atoms with Gasteiger partial charge in [-0.3, -0.25) is 4.57 Å². The molecule has 0 radical (unpaired) electrons. The average Bonchev–Trinajstić information content (AvgIpc) is 2.42. The van der Waals surface area contributed by atoms with Crippen molar-refractivity contribution < 1.29 is 29.0 Å². The van der Waals surface area contributed by atoms with Crippen molar-refractivity contribution in [3.63, 3.8) is 0 Å². The molecule has 0 aliphatic carbocycles. The molecule has 0 bridgehead atoms. The molecule has 0 spiro atoms. The van der Waals surface area contributed by atoms with Crippen LogP contribution in [0.25, 0.3) is 0 Å². The summed E-state index contributed by atoms with van der Waals surface area (Å²) in [5, 5.41) is 13.5. The zero-order chi connectivity index (χ0) is 16.8. The Morgan fingerprint density at radius 3 is 2.32 bits per heavy atom. The van der Waals surface area contributed by atoms with Gasteiger partial charge in [0.2, 0.25) is 0 Å². The van der Waals surface area contributed by atoms with Gasteiger partial charge in [-0.15, -0.1) is 0 Å². The van der Waals surface area contributed by atoms with Gasteiger partial charge in [0.05, 0.1) is 5.30 Å². The summed E-state index contributed by atoms with van der Waals surface area (Å²) in [4.78, 5) is 40.0. The molecule has 0 unspecified atom stereocenters. The van der Waals surface area contributed by atoms with Crippen molar-refractivity contribution >= 4 is 30.6 Å². The van der Waals surface area contributed by atoms with Crippen LogP contribution in [-0.4, -0.2) is 33.4 Å². The molecule has 5 N–H and O–H groups in total. The van der Waals surface area contributed by atoms with Crippen LogP contribution in [-0.2, 0) is 9.36 Å². The molecule has 0 saturated heterocycles. The Bertz CT molecular complexity index is 620. The molecule has 8 nitrogen and oxygen atoms in total. The van der Waals surface area contributed by atoms with E-state index < -0.39 is 19.6 Å². The predicted molar refractivity (Wildman–Crippen MR) is 81.2 cm³/mol. The Morgan fingerprint density at radius 1 is 1.23 bits per heavy atom. The quantitative estimate of drug-likeness (QED) is 0.301. The topological polar surface area (TPSA) is 136 Å². The van der Waals surface area contributed by atoms with Crippen molar-refractivity contribution in [1.29, 1.82) is 0 Å². The minimum absolute atomic E-state index is 0.132. The van der Waals surface area contributed by atoms with E-state index in [1.807, 2.05) is 0 Å². The summed E-state index contributed by atoms with van der Waals surface area (Å²) in [5.74, 6) is -1.01. The number of carbonyl (C=O) groups excluding carboxylic acids is 1. The largest absolute Gasteiger partial charge is 0.478 e. The first-order valence-corrected chi connectivity index (χ1v) is 7.92. The van der Waals surface area contributed by atoms with Gasteiger partial charge < -0.3 is 25.5 Å². The number of carbonyl (C=O) groups is 2. The molecule has 0 fully saturated rings. The summed E-state index contributed by atoms with van der Waals surface area (Å²) >= 11 is 0. The van der Waals surface area contributed by atoms with Crippen LogP contribution in [0.1, 0.15) is 13.3 Å². The molecule has 0 atom stereocenters. The number of aliphatic carboxylic acids is 1. The smallest absolute Gasteiger partial charge is 0.356 e. The second-order valence-electron chi connectivity index (χ2n) is 4.45. The van der Waals surface area contributed by atoms with E-state index in [2.05, 4.69) is 10.6 Å². The fourth-order valence-corrected chi connectivity index (χ4v) is 2.01. The Labute approximate surface area is 127 Å². The molecule has 0 aliphatic heterocycles. The Hall–Kier alpha value is -2.15. The molecule has 0 aromatic heterocycles. The van der Waals surface area contributed by atoms with Crippen molar-refractivity contribution in [3.05, 3.63) is 35.9 Å². The minimum atomic E-state index is -4.29. The van der Waals surface area contributed by atoms with Gasteiger partial charge in [-0.25, -0.2) is 9.59 Å². The predicted octanol–water partition coefficient (Wildman–Crippen LogP) is 1.03. The fraction of sp³-hybridized carbons (Fsp3) is 0.231. The van der Waals surface area contributed by atoms with Gasteiger partial charge in [0.1, 0.15) is 0 Å². The monoisotopic (exact) mass is 328 g/mol. The molecule has 0 aliphatic rings. The van der Waals surface area contributed by atoms with Gasteiger partial charge in [0, 0.05) is 17.8 Å². The number of hydrogen-bond acceptors (Lipinski definition) is 3. The number of nitrogens with one attached hydrogen (secondary N) is 2. The van der Waals surface area contributed by atoms with Crippen molar-refractivity contribution in [1.82, 2.24) is 5.32 Å². The summed E-state index contributed by atoms with van der Waals surface area (Å²) in [5.41, 5.74) is 0.585. The normalized spacial score (nSPS) is 11.9. The van der Waals surface area contributed by atoms with Gasteiger partial charge >= 0.3 is 19.6 Å². The summed E-state index contributed by atoms with van der Waals surface area (Å²) in [6.45, 7) is 1.72. The maximum atomic E-state index is 11.6. The van der Waals surface area contributed by atoms with E-state index in [1.165, 1.54) is 37.3 Å². The van der Waals surface area contributed by atoms with Crippen LogP contribution >= 0.6 is 7.60 Å². The van der Waals surface area contributed by atoms with E-state index in [-0.39, 0.29) is 17.4 Å². The molecule has 9 heteroatoms. The van der Waals surface area contributed by atoms with Crippen LogP contribution in [0.5, 0.6) is 0 Å². The highest BCUT2D eigenvalue weighted by Gasteiger charge is 2.16. The van der Waals surface area contributed by atoms with Crippen LogP contribution in [0.4, 0.5) is 10.5 Å². The average molecular weight is 328 g/mol. The Kier molecular flexibility index (Phi) is 6.30. The molecule has 2 amide bonds. The van der Waals surface area contributed by atoms with Crippen LogP contribution in [0.2, 0.25) is 0 Å². The zero-order valence-electron chi connectivity index (χ0n) is 11.8. The highest BCUT2D eigenvalue weighted by molar-refractivity contribution is 7.60. The fourth-order valence-electron chi connectivity index (χ4n) is 1.48. The van der Waals surface area contributed by atoms with E-state index in [4.69, 9.17) is 14.9 Å². The van der Waals surface area contributed by atoms with Crippen LogP contribution in [0.3, 0.4) is 0 Å². The number of carboxylic acid groups (broad SMARTS) is 1. The molecule has 120 valence electrons. The highest BCUT2D eigenvalue weighted by atomic mass is 31.2. The number of carboxylic acids is 1. The molecule has 1 aromatic carbocycles. The lowest BCUT2D eigenvalue weighted by molar-refractivity contribution is -0.132. The second-order valence-corrected chi connectivity index (χ2v) is 6.06. The van der Waals surface area contributed by atoms with Crippen molar-refractivity contribution in [3.8, 4) is 0 Å². The number of benzene rings is 1. The number of amides is 2. The standard InChI is InChI=1S/C13H17N2O6P/c1-9(12(16)17)3-2-8-14-13(18)15-10-4-6-11(7-5-10)22(19,20)21/h3-7H,2,8H2,1H3,(H,16,17)(H2,14,15,18)(H2,19,20,21)/b9-3+. The first kappa shape index (κ1) is 17.9. The maximum Gasteiger partial charge on any atom is 0.356 e. The second kappa shape index (κ2) is 7.74. The van der Waals surface area contributed by atoms with E-state index in [0.29, 0.717) is 12.1 Å². The van der Waals surface area contributed by atoms with Crippen molar-refractivity contribution in [2.75, 3.05) is 11.9 Å². The SMILES string of the molecule is C/C(=C\CCNC(=O)Nc1ccc(P(=O)(O)O)cc1)C(=O)O. The Morgan fingerprint density at radius 2 is 1.82 bits per heavy atom. The highest BCUT2D eigenvalue weighted by Crippen LogP contribution is 2.33. The lowest BCUT2D eigenvalue weighted by Gasteiger charge is -2.08. The van der Waals surface area contributed by atoms with Gasteiger partial charge in [-0.2, -0.15) is 0 Å².